The van der Waals surface area contributed by atoms with Gasteiger partial charge in [-0.1, -0.05) is 24.3 Å². The quantitative estimate of drug-likeness (QED) is 0.758. The first-order valence-electron chi connectivity index (χ1n) is 6.24. The van der Waals surface area contributed by atoms with Crippen molar-refractivity contribution in [1.82, 2.24) is 4.90 Å². The molecular formula is C16H16INO2. The van der Waals surface area contributed by atoms with Crippen LogP contribution in [0.5, 0.6) is 5.75 Å². The van der Waals surface area contributed by atoms with Crippen molar-refractivity contribution in [1.29, 1.82) is 0 Å². The first-order valence-corrected chi connectivity index (χ1v) is 7.32. The van der Waals surface area contributed by atoms with Gasteiger partial charge in [-0.2, -0.15) is 0 Å². The molecule has 3 nitrogen and oxygen atoms in total. The molecule has 0 spiro atoms. The van der Waals surface area contributed by atoms with Crippen LogP contribution in [0, 0.1) is 3.57 Å². The molecule has 2 aromatic carbocycles. The fourth-order valence-corrected chi connectivity index (χ4v) is 2.57. The SMILES string of the molecule is COc1cccc(CN(C)C(=O)c2ccccc2I)c1. The van der Waals surface area contributed by atoms with E-state index < -0.39 is 0 Å². The predicted octanol–water partition coefficient (Wildman–Crippen LogP) is 3.57. The Labute approximate surface area is 132 Å². The molecule has 1 amide bonds. The lowest BCUT2D eigenvalue weighted by Gasteiger charge is -2.18. The molecule has 0 aliphatic rings. The van der Waals surface area contributed by atoms with E-state index in [-0.39, 0.29) is 5.91 Å². The fourth-order valence-electron chi connectivity index (χ4n) is 1.96. The number of hydrogen-bond acceptors (Lipinski definition) is 2. The largest absolute Gasteiger partial charge is 0.497 e. The minimum absolute atomic E-state index is 0.0258. The number of rotatable bonds is 4. The summed E-state index contributed by atoms with van der Waals surface area (Å²) in [6.45, 7) is 0.557. The lowest BCUT2D eigenvalue weighted by atomic mass is 10.1. The highest BCUT2D eigenvalue weighted by atomic mass is 127. The molecule has 0 N–H and O–H groups in total. The van der Waals surface area contributed by atoms with Gasteiger partial charge in [0.15, 0.2) is 0 Å². The van der Waals surface area contributed by atoms with E-state index in [0.29, 0.717) is 6.54 Å². The Morgan fingerprint density at radius 3 is 2.65 bits per heavy atom. The number of ether oxygens (including phenoxy) is 1. The molecule has 0 atom stereocenters. The van der Waals surface area contributed by atoms with Gasteiger partial charge in [-0.15, -0.1) is 0 Å². The van der Waals surface area contributed by atoms with Crippen LogP contribution in [0.3, 0.4) is 0 Å². The fraction of sp³-hybridized carbons (Fsp3) is 0.188. The molecule has 0 aliphatic carbocycles. The van der Waals surface area contributed by atoms with E-state index in [4.69, 9.17) is 4.74 Å². The van der Waals surface area contributed by atoms with Gasteiger partial charge in [-0.05, 0) is 52.4 Å². The van der Waals surface area contributed by atoms with Crippen LogP contribution in [0.4, 0.5) is 0 Å². The summed E-state index contributed by atoms with van der Waals surface area (Å²) >= 11 is 2.18. The second kappa shape index (κ2) is 6.74. The van der Waals surface area contributed by atoms with Gasteiger partial charge in [0.25, 0.3) is 5.91 Å². The summed E-state index contributed by atoms with van der Waals surface area (Å²) < 4.78 is 6.16. The monoisotopic (exact) mass is 381 g/mol. The first-order chi connectivity index (χ1) is 9.61. The Kier molecular flexibility index (Phi) is 5.00. The summed E-state index contributed by atoms with van der Waals surface area (Å²) in [4.78, 5) is 14.1. The van der Waals surface area contributed by atoms with E-state index in [1.54, 1.807) is 12.0 Å². The van der Waals surface area contributed by atoms with Crippen molar-refractivity contribution in [3.8, 4) is 5.75 Å². The summed E-state index contributed by atoms with van der Waals surface area (Å²) in [5, 5.41) is 0. The third-order valence-corrected chi connectivity index (χ3v) is 3.95. The van der Waals surface area contributed by atoms with E-state index in [1.165, 1.54) is 0 Å². The molecule has 0 bridgehead atoms. The molecule has 104 valence electrons. The van der Waals surface area contributed by atoms with Gasteiger partial charge in [0.05, 0.1) is 12.7 Å². The predicted molar refractivity (Wildman–Crippen MR) is 88.0 cm³/mol. The Morgan fingerprint density at radius 2 is 1.95 bits per heavy atom. The molecule has 0 fully saturated rings. The first kappa shape index (κ1) is 14.8. The number of hydrogen-bond donors (Lipinski definition) is 0. The Hall–Kier alpha value is -1.56. The molecule has 0 unspecified atom stereocenters. The summed E-state index contributed by atoms with van der Waals surface area (Å²) in [5.74, 6) is 0.829. The molecular weight excluding hydrogens is 365 g/mol. The summed E-state index contributed by atoms with van der Waals surface area (Å²) in [7, 11) is 3.45. The number of nitrogens with zero attached hydrogens (tertiary/aromatic N) is 1. The van der Waals surface area contributed by atoms with E-state index >= 15 is 0 Å². The zero-order valence-electron chi connectivity index (χ0n) is 11.5. The normalized spacial score (nSPS) is 10.2. The molecule has 0 radical (unpaired) electrons. The summed E-state index contributed by atoms with van der Waals surface area (Å²) in [5.41, 5.74) is 1.78. The summed E-state index contributed by atoms with van der Waals surface area (Å²) in [6, 6.07) is 15.4. The van der Waals surface area contributed by atoms with Crippen LogP contribution in [0.25, 0.3) is 0 Å². The maximum atomic E-state index is 12.4. The van der Waals surface area contributed by atoms with Crippen LogP contribution in [0.1, 0.15) is 15.9 Å². The Balaban J connectivity index is 2.13. The van der Waals surface area contributed by atoms with Crippen molar-refractivity contribution < 1.29 is 9.53 Å². The zero-order valence-corrected chi connectivity index (χ0v) is 13.6. The van der Waals surface area contributed by atoms with Gasteiger partial charge in [-0.3, -0.25) is 4.79 Å². The van der Waals surface area contributed by atoms with Crippen LogP contribution in [0.15, 0.2) is 48.5 Å². The minimum Gasteiger partial charge on any atom is -0.497 e. The zero-order chi connectivity index (χ0) is 14.5. The molecule has 0 aliphatic heterocycles. The molecule has 0 saturated carbocycles. The molecule has 2 rings (SSSR count). The molecule has 0 heterocycles. The molecule has 0 aromatic heterocycles. The highest BCUT2D eigenvalue weighted by Gasteiger charge is 2.14. The van der Waals surface area contributed by atoms with Crippen LogP contribution < -0.4 is 4.74 Å². The third kappa shape index (κ3) is 3.50. The van der Waals surface area contributed by atoms with Gasteiger partial charge >= 0.3 is 0 Å². The van der Waals surface area contributed by atoms with Gasteiger partial charge < -0.3 is 9.64 Å². The number of amides is 1. The van der Waals surface area contributed by atoms with Gasteiger partial charge in [0.2, 0.25) is 0 Å². The second-order valence-electron chi connectivity index (χ2n) is 4.49. The van der Waals surface area contributed by atoms with E-state index in [9.17, 15) is 4.79 Å². The average molecular weight is 381 g/mol. The van der Waals surface area contributed by atoms with Crippen LogP contribution in [0.2, 0.25) is 0 Å². The number of methoxy groups -OCH3 is 1. The Bertz CT molecular complexity index is 613. The standard InChI is InChI=1S/C16H16INO2/c1-18(11-12-6-5-7-13(10-12)20-2)16(19)14-8-3-4-9-15(14)17/h3-10H,11H2,1-2H3. The van der Waals surface area contributed by atoms with Crippen molar-refractivity contribution in [2.45, 2.75) is 6.54 Å². The van der Waals surface area contributed by atoms with Crippen LogP contribution in [-0.2, 0) is 6.54 Å². The van der Waals surface area contributed by atoms with Crippen molar-refractivity contribution in [2.75, 3.05) is 14.2 Å². The number of carbonyl (C=O) groups excluding carboxylic acids is 1. The maximum Gasteiger partial charge on any atom is 0.254 e. The second-order valence-corrected chi connectivity index (χ2v) is 5.65. The molecule has 4 heteroatoms. The van der Waals surface area contributed by atoms with E-state index in [1.807, 2.05) is 55.6 Å². The van der Waals surface area contributed by atoms with Crippen molar-refractivity contribution in [3.63, 3.8) is 0 Å². The minimum atomic E-state index is 0.0258. The van der Waals surface area contributed by atoms with E-state index in [2.05, 4.69) is 22.6 Å². The van der Waals surface area contributed by atoms with Crippen molar-refractivity contribution in [2.24, 2.45) is 0 Å². The lowest BCUT2D eigenvalue weighted by Crippen LogP contribution is -2.26. The van der Waals surface area contributed by atoms with Crippen LogP contribution in [-0.4, -0.2) is 25.0 Å². The third-order valence-electron chi connectivity index (χ3n) is 3.00. The average Bonchev–Trinajstić information content (AvgIpc) is 2.47. The molecule has 20 heavy (non-hydrogen) atoms. The van der Waals surface area contributed by atoms with Gasteiger partial charge in [-0.25, -0.2) is 0 Å². The molecule has 0 saturated heterocycles. The van der Waals surface area contributed by atoms with Gasteiger partial charge in [0.1, 0.15) is 5.75 Å². The smallest absolute Gasteiger partial charge is 0.254 e. The van der Waals surface area contributed by atoms with Crippen LogP contribution >= 0.6 is 22.6 Å². The van der Waals surface area contributed by atoms with Crippen molar-refractivity contribution in [3.05, 3.63) is 63.2 Å². The van der Waals surface area contributed by atoms with Crippen molar-refractivity contribution >= 4 is 28.5 Å². The maximum absolute atomic E-state index is 12.4. The van der Waals surface area contributed by atoms with E-state index in [0.717, 1.165) is 20.4 Å². The number of halogens is 1. The Morgan fingerprint density at radius 1 is 1.20 bits per heavy atom. The highest BCUT2D eigenvalue weighted by molar-refractivity contribution is 14.1. The van der Waals surface area contributed by atoms with Gasteiger partial charge in [0, 0.05) is 17.2 Å². The number of benzene rings is 2. The molecule has 2 aromatic rings. The highest BCUT2D eigenvalue weighted by Crippen LogP contribution is 2.17. The lowest BCUT2D eigenvalue weighted by molar-refractivity contribution is 0.0784. The topological polar surface area (TPSA) is 29.5 Å². The summed E-state index contributed by atoms with van der Waals surface area (Å²) in [6.07, 6.45) is 0. The number of carbonyl (C=O) groups is 1.